The number of hydrogen-bond donors (Lipinski definition) is 1. The first-order chi connectivity index (χ1) is 5.46. The van der Waals surface area contributed by atoms with Crippen LogP contribution in [0.1, 0.15) is 25.7 Å². The summed E-state index contributed by atoms with van der Waals surface area (Å²) < 4.78 is 21.2. The van der Waals surface area contributed by atoms with Gasteiger partial charge < -0.3 is 0 Å². The summed E-state index contributed by atoms with van der Waals surface area (Å²) in [5.41, 5.74) is 0. The van der Waals surface area contributed by atoms with Crippen molar-refractivity contribution < 1.29 is 13.2 Å². The first-order valence-electron chi connectivity index (χ1n) is 4.01. The van der Waals surface area contributed by atoms with E-state index >= 15 is 0 Å². The summed E-state index contributed by atoms with van der Waals surface area (Å²) in [4.78, 5) is 11.3. The van der Waals surface area contributed by atoms with E-state index in [0.717, 1.165) is 6.42 Å². The number of hydrogen-bond acceptors (Lipinski definition) is 3. The molecule has 12 heavy (non-hydrogen) atoms. The van der Waals surface area contributed by atoms with Gasteiger partial charge in [-0.25, -0.2) is 13.6 Å². The maximum Gasteiger partial charge on any atom is 0.222 e. The zero-order valence-corrected chi connectivity index (χ0v) is 7.43. The number of ketones is 1. The van der Waals surface area contributed by atoms with Gasteiger partial charge in [-0.05, 0) is 25.2 Å². The summed E-state index contributed by atoms with van der Waals surface area (Å²) >= 11 is 0. The highest BCUT2D eigenvalue weighted by molar-refractivity contribution is 7.91. The standard InChI is InChI=1S/C7H11NO3S/c8-12(10,11)7-2-1-5(4-7)3-6(7)9/h5H,1-4H2,(H2,8,10,11). The molecule has 2 unspecified atom stereocenters. The molecule has 2 bridgehead atoms. The smallest absolute Gasteiger partial charge is 0.222 e. The summed E-state index contributed by atoms with van der Waals surface area (Å²) in [6.07, 6.45) is 2.15. The van der Waals surface area contributed by atoms with Gasteiger partial charge in [0.1, 0.15) is 4.75 Å². The molecule has 0 heterocycles. The topological polar surface area (TPSA) is 77.2 Å². The van der Waals surface area contributed by atoms with Crippen molar-refractivity contribution in [3.8, 4) is 0 Å². The van der Waals surface area contributed by atoms with Crippen LogP contribution in [0.15, 0.2) is 0 Å². The molecule has 0 aromatic rings. The molecule has 2 fully saturated rings. The van der Waals surface area contributed by atoms with Crippen molar-refractivity contribution in [2.75, 3.05) is 0 Å². The van der Waals surface area contributed by atoms with Gasteiger partial charge in [-0.3, -0.25) is 4.79 Å². The molecule has 5 heteroatoms. The average molecular weight is 189 g/mol. The molecular formula is C7H11NO3S. The Balaban J connectivity index is 2.50. The Morgan fingerprint density at radius 1 is 1.50 bits per heavy atom. The Morgan fingerprint density at radius 2 is 2.17 bits per heavy atom. The first kappa shape index (κ1) is 8.19. The summed E-state index contributed by atoms with van der Waals surface area (Å²) in [6, 6.07) is 0. The van der Waals surface area contributed by atoms with Gasteiger partial charge in [0.25, 0.3) is 0 Å². The molecule has 2 saturated carbocycles. The van der Waals surface area contributed by atoms with E-state index in [9.17, 15) is 13.2 Å². The Labute approximate surface area is 71.2 Å². The lowest BCUT2D eigenvalue weighted by molar-refractivity contribution is -0.120. The normalized spacial score (nSPS) is 40.8. The lowest BCUT2D eigenvalue weighted by Gasteiger charge is -2.21. The quantitative estimate of drug-likeness (QED) is 0.619. The lowest BCUT2D eigenvalue weighted by Crippen LogP contribution is -2.45. The second kappa shape index (κ2) is 2.09. The first-order valence-corrected chi connectivity index (χ1v) is 5.56. The van der Waals surface area contributed by atoms with Gasteiger partial charge in [0, 0.05) is 6.42 Å². The van der Waals surface area contributed by atoms with E-state index in [1.165, 1.54) is 0 Å². The van der Waals surface area contributed by atoms with Gasteiger partial charge in [-0.2, -0.15) is 0 Å². The number of primary sulfonamides is 1. The summed E-state index contributed by atoms with van der Waals surface area (Å²) in [6.45, 7) is 0. The number of carbonyl (C=O) groups is 1. The highest BCUT2D eigenvalue weighted by atomic mass is 32.2. The van der Waals surface area contributed by atoms with Gasteiger partial charge in [0.05, 0.1) is 0 Å². The molecule has 0 aromatic carbocycles. The van der Waals surface area contributed by atoms with Crippen LogP contribution in [-0.2, 0) is 14.8 Å². The minimum atomic E-state index is -3.67. The molecule has 0 saturated heterocycles. The third-order valence-electron chi connectivity index (χ3n) is 3.10. The van der Waals surface area contributed by atoms with Crippen LogP contribution in [0.2, 0.25) is 0 Å². The average Bonchev–Trinajstić information content (AvgIpc) is 2.41. The molecule has 68 valence electrons. The van der Waals surface area contributed by atoms with Crippen LogP contribution in [0.5, 0.6) is 0 Å². The predicted molar refractivity (Wildman–Crippen MR) is 42.8 cm³/mol. The van der Waals surface area contributed by atoms with Crippen molar-refractivity contribution >= 4 is 15.8 Å². The molecule has 2 N–H and O–H groups in total. The van der Waals surface area contributed by atoms with E-state index in [4.69, 9.17) is 5.14 Å². The fourth-order valence-corrected chi connectivity index (χ4v) is 3.67. The van der Waals surface area contributed by atoms with Crippen molar-refractivity contribution in [1.29, 1.82) is 0 Å². The van der Waals surface area contributed by atoms with E-state index in [0.29, 0.717) is 19.3 Å². The summed E-state index contributed by atoms with van der Waals surface area (Å²) in [5, 5.41) is 5.05. The zero-order valence-electron chi connectivity index (χ0n) is 6.62. The molecular weight excluding hydrogens is 178 g/mol. The van der Waals surface area contributed by atoms with Crippen molar-refractivity contribution in [1.82, 2.24) is 0 Å². The number of Topliss-reactive ketones (excluding diaryl/α,β-unsaturated/α-hetero) is 1. The number of fused-ring (bicyclic) bond motifs is 2. The van der Waals surface area contributed by atoms with Crippen LogP contribution in [0.4, 0.5) is 0 Å². The van der Waals surface area contributed by atoms with Crippen molar-refractivity contribution in [2.45, 2.75) is 30.4 Å². The largest absolute Gasteiger partial charge is 0.298 e. The van der Waals surface area contributed by atoms with Crippen LogP contribution in [0.3, 0.4) is 0 Å². The number of sulfonamides is 1. The van der Waals surface area contributed by atoms with Crippen LogP contribution in [0, 0.1) is 5.92 Å². The summed E-state index contributed by atoms with van der Waals surface area (Å²) in [5.74, 6) is 0.108. The number of carbonyl (C=O) groups excluding carboxylic acids is 1. The maximum atomic E-state index is 11.3. The Kier molecular flexibility index (Phi) is 1.42. The van der Waals surface area contributed by atoms with Crippen molar-refractivity contribution in [3.05, 3.63) is 0 Å². The SMILES string of the molecule is NS(=O)(=O)C12CCC(CC1=O)C2. The number of rotatable bonds is 1. The van der Waals surface area contributed by atoms with Crippen LogP contribution >= 0.6 is 0 Å². The third kappa shape index (κ3) is 0.806. The molecule has 2 atom stereocenters. The molecule has 4 nitrogen and oxygen atoms in total. The minimum absolute atomic E-state index is 0.166. The predicted octanol–water partition coefficient (Wildman–Crippen LogP) is -0.213. The van der Waals surface area contributed by atoms with E-state index in [1.807, 2.05) is 0 Å². The van der Waals surface area contributed by atoms with Gasteiger partial charge in [-0.1, -0.05) is 0 Å². The summed E-state index contributed by atoms with van der Waals surface area (Å²) in [7, 11) is -3.67. The highest BCUT2D eigenvalue weighted by Crippen LogP contribution is 2.48. The molecule has 2 aliphatic carbocycles. The third-order valence-corrected chi connectivity index (χ3v) is 4.79. The fraction of sp³-hybridized carbons (Fsp3) is 0.857. The fourth-order valence-electron chi connectivity index (χ4n) is 2.40. The molecule has 0 spiro atoms. The molecule has 2 aliphatic rings. The van der Waals surface area contributed by atoms with E-state index in [2.05, 4.69) is 0 Å². The molecule has 0 aliphatic heterocycles. The Hall–Kier alpha value is -0.420. The van der Waals surface area contributed by atoms with Crippen molar-refractivity contribution in [3.63, 3.8) is 0 Å². The highest BCUT2D eigenvalue weighted by Gasteiger charge is 2.58. The zero-order chi connectivity index (χ0) is 8.98. The second-order valence-electron chi connectivity index (χ2n) is 3.78. The van der Waals surface area contributed by atoms with Gasteiger partial charge in [-0.15, -0.1) is 0 Å². The number of nitrogens with two attached hydrogens (primary N) is 1. The van der Waals surface area contributed by atoms with E-state index in [1.54, 1.807) is 0 Å². The molecule has 0 radical (unpaired) electrons. The Morgan fingerprint density at radius 3 is 2.42 bits per heavy atom. The minimum Gasteiger partial charge on any atom is -0.298 e. The van der Waals surface area contributed by atoms with Crippen LogP contribution in [0.25, 0.3) is 0 Å². The van der Waals surface area contributed by atoms with E-state index < -0.39 is 14.8 Å². The van der Waals surface area contributed by atoms with E-state index in [-0.39, 0.29) is 11.7 Å². The lowest BCUT2D eigenvalue weighted by atomic mass is 9.99. The monoisotopic (exact) mass is 189 g/mol. The van der Waals surface area contributed by atoms with Crippen molar-refractivity contribution in [2.24, 2.45) is 11.1 Å². The molecule has 2 rings (SSSR count). The van der Waals surface area contributed by atoms with Gasteiger partial charge in [0.15, 0.2) is 5.78 Å². The molecule has 0 aromatic heterocycles. The van der Waals surface area contributed by atoms with Crippen LogP contribution in [-0.4, -0.2) is 18.9 Å². The van der Waals surface area contributed by atoms with Gasteiger partial charge in [0.2, 0.25) is 10.0 Å². The van der Waals surface area contributed by atoms with Gasteiger partial charge >= 0.3 is 0 Å². The Bertz CT molecular complexity index is 335. The second-order valence-corrected chi connectivity index (χ2v) is 5.65. The maximum absolute atomic E-state index is 11.3. The molecule has 0 amide bonds. The van der Waals surface area contributed by atoms with Crippen LogP contribution < -0.4 is 5.14 Å².